The molecule has 0 aromatic heterocycles. The predicted octanol–water partition coefficient (Wildman–Crippen LogP) is 23.4. The summed E-state index contributed by atoms with van der Waals surface area (Å²) in [6.45, 7) is 37.4. The van der Waals surface area contributed by atoms with Crippen LogP contribution in [0.15, 0.2) is 182 Å². The fraction of sp³-hybridized carbons (Fsp3) is 0.377. The first kappa shape index (κ1) is 59.3. The van der Waals surface area contributed by atoms with Gasteiger partial charge in [-0.25, -0.2) is 0 Å². The van der Waals surface area contributed by atoms with Crippen LogP contribution in [0.2, 0.25) is 0 Å². The van der Waals surface area contributed by atoms with E-state index in [1.807, 2.05) is 0 Å². The second-order valence-electron chi connectivity index (χ2n) is 24.8. The zero-order chi connectivity index (χ0) is 57.5. The van der Waals surface area contributed by atoms with Gasteiger partial charge >= 0.3 is 0 Å². The van der Waals surface area contributed by atoms with Crippen molar-refractivity contribution in [2.45, 2.75) is 190 Å². The first-order valence-electron chi connectivity index (χ1n) is 30.5. The van der Waals surface area contributed by atoms with Crippen LogP contribution in [-0.4, -0.2) is 6.04 Å². The molecule has 0 fully saturated rings. The quantitative estimate of drug-likeness (QED) is 0.0632. The van der Waals surface area contributed by atoms with Crippen LogP contribution < -0.4 is 14.7 Å². The van der Waals surface area contributed by atoms with E-state index in [1.54, 1.807) is 0 Å². The summed E-state index contributed by atoms with van der Waals surface area (Å²) < 4.78 is 0. The minimum absolute atomic E-state index is 0.140. The fourth-order valence-corrected chi connectivity index (χ4v) is 11.9. The first-order chi connectivity index (χ1) is 38.3. The number of nitrogens with zero attached hydrogens (tertiary/aromatic N) is 3. The van der Waals surface area contributed by atoms with E-state index in [1.165, 1.54) is 67.0 Å². The van der Waals surface area contributed by atoms with Gasteiger partial charge in [-0.15, -0.1) is 0 Å². The number of aryl methyl sites for hydroxylation is 2. The van der Waals surface area contributed by atoms with Crippen LogP contribution in [0.5, 0.6) is 0 Å². The molecule has 418 valence electrons. The SMILES string of the molecule is CCCC(C)N(c1ccc(N(c2ccc(C)cc2)c2ccc(-c3ccc(C(C)(C)c4ccc(C(C)(C)CC)c(C(C)CC)c4)cc3C(C)CC)cc2)cc1)c1ccc(N(c2ccc(C)cc2)c2ccc(C(C)(CC)CC)cc2)cc1. The Hall–Kier alpha value is -6.84. The van der Waals surface area contributed by atoms with E-state index in [0.717, 1.165) is 79.1 Å². The molecule has 3 heteroatoms. The maximum absolute atomic E-state index is 2.54. The van der Waals surface area contributed by atoms with Crippen molar-refractivity contribution >= 4 is 45.5 Å². The van der Waals surface area contributed by atoms with Crippen molar-refractivity contribution in [3.63, 3.8) is 0 Å². The molecule has 0 spiro atoms. The van der Waals surface area contributed by atoms with Crippen LogP contribution in [0.25, 0.3) is 11.1 Å². The number of anilines is 8. The third-order valence-corrected chi connectivity index (χ3v) is 18.8. The smallest absolute Gasteiger partial charge is 0.0463 e. The topological polar surface area (TPSA) is 9.72 Å². The summed E-state index contributed by atoms with van der Waals surface area (Å²) in [5.74, 6) is 0.914. The fourth-order valence-electron chi connectivity index (χ4n) is 11.9. The highest BCUT2D eigenvalue weighted by Gasteiger charge is 2.30. The van der Waals surface area contributed by atoms with Gasteiger partial charge in [0.1, 0.15) is 0 Å². The highest BCUT2D eigenvalue weighted by atomic mass is 15.2. The summed E-state index contributed by atoms with van der Waals surface area (Å²) in [6, 6.07) is 69.9. The molecule has 0 amide bonds. The summed E-state index contributed by atoms with van der Waals surface area (Å²) in [5, 5.41) is 0. The van der Waals surface area contributed by atoms with Gasteiger partial charge in [0.15, 0.2) is 0 Å². The molecular weight excluding hydrogens is 967 g/mol. The molecule has 3 nitrogen and oxygen atoms in total. The molecule has 3 atom stereocenters. The number of benzene rings is 8. The Bertz CT molecular complexity index is 3250. The second kappa shape index (κ2) is 25.3. The van der Waals surface area contributed by atoms with Gasteiger partial charge < -0.3 is 14.7 Å². The highest BCUT2D eigenvalue weighted by molar-refractivity contribution is 5.82. The van der Waals surface area contributed by atoms with Gasteiger partial charge in [-0.2, -0.15) is 0 Å². The highest BCUT2D eigenvalue weighted by Crippen LogP contribution is 2.45. The molecule has 3 unspecified atom stereocenters. The molecule has 8 rings (SSSR count). The van der Waals surface area contributed by atoms with E-state index in [2.05, 4.69) is 307 Å². The lowest BCUT2D eigenvalue weighted by Gasteiger charge is -2.33. The predicted molar refractivity (Wildman–Crippen MR) is 351 cm³/mol. The van der Waals surface area contributed by atoms with Crippen LogP contribution in [-0.2, 0) is 16.2 Å². The number of hydrogen-bond donors (Lipinski definition) is 0. The Kier molecular flexibility index (Phi) is 18.8. The van der Waals surface area contributed by atoms with Crippen molar-refractivity contribution in [2.75, 3.05) is 14.7 Å². The Morgan fingerprint density at radius 3 is 1.16 bits per heavy atom. The molecule has 0 bridgehead atoms. The average Bonchev–Trinajstić information content (AvgIpc) is 3.48. The normalized spacial score (nSPS) is 13.2. The lowest BCUT2D eigenvalue weighted by atomic mass is 9.71. The van der Waals surface area contributed by atoms with Gasteiger partial charge in [0, 0.05) is 57.0 Å². The summed E-state index contributed by atoms with van der Waals surface area (Å²) in [6.07, 6.45) is 7.74. The molecule has 8 aromatic rings. The minimum Gasteiger partial charge on any atom is -0.339 e. The van der Waals surface area contributed by atoms with Gasteiger partial charge in [0.2, 0.25) is 0 Å². The van der Waals surface area contributed by atoms with Crippen molar-refractivity contribution in [2.24, 2.45) is 0 Å². The van der Waals surface area contributed by atoms with E-state index in [9.17, 15) is 0 Å². The first-order valence-corrected chi connectivity index (χ1v) is 30.5. The van der Waals surface area contributed by atoms with Crippen molar-refractivity contribution < 1.29 is 0 Å². The largest absolute Gasteiger partial charge is 0.339 e. The lowest BCUT2D eigenvalue weighted by Crippen LogP contribution is -2.28. The van der Waals surface area contributed by atoms with Crippen LogP contribution >= 0.6 is 0 Å². The molecule has 80 heavy (non-hydrogen) atoms. The lowest BCUT2D eigenvalue weighted by molar-refractivity contribution is 0.439. The van der Waals surface area contributed by atoms with E-state index < -0.39 is 0 Å². The van der Waals surface area contributed by atoms with Crippen LogP contribution in [0, 0.1) is 13.8 Å². The zero-order valence-corrected chi connectivity index (χ0v) is 51.8. The summed E-state index contributed by atoms with van der Waals surface area (Å²) in [7, 11) is 0. The maximum atomic E-state index is 2.54. The average molecular weight is 1060 g/mol. The monoisotopic (exact) mass is 1060 g/mol. The van der Waals surface area contributed by atoms with Crippen molar-refractivity contribution in [3.8, 4) is 11.1 Å². The van der Waals surface area contributed by atoms with Gasteiger partial charge in [-0.05, 0) is 224 Å². The molecule has 0 aliphatic heterocycles. The molecule has 0 N–H and O–H groups in total. The molecular formula is C77H95N3. The molecule has 0 aliphatic rings. The summed E-state index contributed by atoms with van der Waals surface area (Å²) in [5.41, 5.74) is 23.0. The number of hydrogen-bond acceptors (Lipinski definition) is 3. The van der Waals surface area contributed by atoms with Gasteiger partial charge in [-0.1, -0.05) is 192 Å². The van der Waals surface area contributed by atoms with E-state index >= 15 is 0 Å². The zero-order valence-electron chi connectivity index (χ0n) is 51.8. The second-order valence-corrected chi connectivity index (χ2v) is 24.8. The van der Waals surface area contributed by atoms with E-state index in [4.69, 9.17) is 0 Å². The van der Waals surface area contributed by atoms with E-state index in [-0.39, 0.29) is 22.3 Å². The van der Waals surface area contributed by atoms with Crippen LogP contribution in [0.3, 0.4) is 0 Å². The van der Waals surface area contributed by atoms with Gasteiger partial charge in [-0.3, -0.25) is 0 Å². The Morgan fingerprint density at radius 1 is 0.388 bits per heavy atom. The van der Waals surface area contributed by atoms with Crippen molar-refractivity contribution in [3.05, 3.63) is 226 Å². The molecule has 0 radical (unpaired) electrons. The molecule has 0 saturated carbocycles. The molecule has 8 aromatic carbocycles. The molecule has 0 heterocycles. The Labute approximate surface area is 485 Å². The minimum atomic E-state index is -0.162. The van der Waals surface area contributed by atoms with E-state index in [0.29, 0.717) is 11.8 Å². The van der Waals surface area contributed by atoms with Crippen molar-refractivity contribution in [1.82, 2.24) is 0 Å². The Balaban J connectivity index is 1.11. The van der Waals surface area contributed by atoms with Crippen LogP contribution in [0.4, 0.5) is 45.5 Å². The van der Waals surface area contributed by atoms with Gasteiger partial charge in [0.25, 0.3) is 0 Å². The van der Waals surface area contributed by atoms with Gasteiger partial charge in [0.05, 0.1) is 0 Å². The van der Waals surface area contributed by atoms with Crippen LogP contribution in [0.1, 0.15) is 198 Å². The number of rotatable bonds is 23. The third kappa shape index (κ3) is 12.5. The molecule has 0 saturated heterocycles. The third-order valence-electron chi connectivity index (χ3n) is 18.8. The standard InChI is InChI=1S/C77H95N3/c1-17-23-58(11)78(64-44-48-70(49-45-64)80(66-36-26-55(8)27-37-66)68-40-30-60(31-41-68)77(16,21-5)22-6)63-42-46-69(47-43-63)79(65-34-24-54(7)25-35-65)67-38-28-59(29-39-67)71-50-32-61(52-72(71)56(9)18-2)76(14,15)62-33-51-74(75(12,13)20-4)73(53-62)57(10)19-3/h24-53,56-58H,17-23H2,1-16H3. The Morgan fingerprint density at radius 2 is 0.750 bits per heavy atom. The summed E-state index contributed by atoms with van der Waals surface area (Å²) >= 11 is 0. The maximum Gasteiger partial charge on any atom is 0.0463 e. The van der Waals surface area contributed by atoms with Crippen molar-refractivity contribution in [1.29, 1.82) is 0 Å². The summed E-state index contributed by atoms with van der Waals surface area (Å²) in [4.78, 5) is 7.32. The molecule has 0 aliphatic carbocycles.